The maximum atomic E-state index is 12.6. The van der Waals surface area contributed by atoms with E-state index >= 15 is 0 Å². The zero-order valence-corrected chi connectivity index (χ0v) is 18.1. The number of esters is 1. The summed E-state index contributed by atoms with van der Waals surface area (Å²) in [6, 6.07) is 7.31. The lowest BCUT2D eigenvalue weighted by molar-refractivity contribution is -0.151. The van der Waals surface area contributed by atoms with Crippen LogP contribution in [0.1, 0.15) is 26.7 Å². The minimum atomic E-state index is -0.312. The maximum absolute atomic E-state index is 12.6. The van der Waals surface area contributed by atoms with Crippen LogP contribution in [0.2, 0.25) is 5.02 Å². The number of carbonyl (C=O) groups is 3. The number of thioether (sulfide) groups is 1. The van der Waals surface area contributed by atoms with Crippen LogP contribution in [0.4, 0.5) is 0 Å². The highest BCUT2D eigenvalue weighted by Crippen LogP contribution is 2.26. The Hall–Kier alpha value is -1.73. The molecule has 1 unspecified atom stereocenters. The first-order chi connectivity index (χ1) is 13.3. The Morgan fingerprint density at radius 3 is 2.43 bits per heavy atom. The molecule has 1 aliphatic heterocycles. The van der Waals surface area contributed by atoms with Gasteiger partial charge in [0.2, 0.25) is 11.8 Å². The Balaban J connectivity index is 1.80. The molecule has 1 heterocycles. The first-order valence-corrected chi connectivity index (χ1v) is 10.7. The zero-order chi connectivity index (χ0) is 20.7. The van der Waals surface area contributed by atoms with E-state index in [1.54, 1.807) is 31.0 Å². The van der Waals surface area contributed by atoms with Crippen LogP contribution < -0.4 is 0 Å². The third-order valence-electron chi connectivity index (χ3n) is 4.69. The van der Waals surface area contributed by atoms with Gasteiger partial charge in [-0.1, -0.05) is 11.6 Å². The number of carbonyl (C=O) groups excluding carboxylic acids is 3. The number of likely N-dealkylation sites (N-methyl/N-ethyl adjacent to an activating group) is 1. The van der Waals surface area contributed by atoms with Crippen LogP contribution in [0, 0.1) is 5.92 Å². The second-order valence-electron chi connectivity index (χ2n) is 6.82. The number of rotatable bonds is 7. The molecule has 154 valence electrons. The number of nitrogens with zero attached hydrogens (tertiary/aromatic N) is 2. The fourth-order valence-electron chi connectivity index (χ4n) is 3.08. The smallest absolute Gasteiger partial charge is 0.309 e. The molecule has 28 heavy (non-hydrogen) atoms. The van der Waals surface area contributed by atoms with Crippen LogP contribution in [0.5, 0.6) is 0 Å². The number of amides is 2. The molecule has 8 heteroatoms. The summed E-state index contributed by atoms with van der Waals surface area (Å²) < 4.78 is 5.05. The van der Waals surface area contributed by atoms with Gasteiger partial charge in [0.1, 0.15) is 0 Å². The van der Waals surface area contributed by atoms with Crippen molar-refractivity contribution < 1.29 is 19.1 Å². The van der Waals surface area contributed by atoms with Crippen molar-refractivity contribution in [1.29, 1.82) is 0 Å². The van der Waals surface area contributed by atoms with E-state index in [-0.39, 0.29) is 35.5 Å². The SMILES string of the molecule is CCOC(=O)C1CCN(C(=O)CN(C)C(=O)C(C)Sc2ccc(Cl)cc2)CC1. The third-order valence-corrected chi connectivity index (χ3v) is 6.04. The monoisotopic (exact) mass is 426 g/mol. The zero-order valence-electron chi connectivity index (χ0n) is 16.5. The maximum Gasteiger partial charge on any atom is 0.309 e. The van der Waals surface area contributed by atoms with Gasteiger partial charge in [-0.3, -0.25) is 14.4 Å². The van der Waals surface area contributed by atoms with Gasteiger partial charge < -0.3 is 14.5 Å². The van der Waals surface area contributed by atoms with E-state index in [4.69, 9.17) is 16.3 Å². The summed E-state index contributed by atoms with van der Waals surface area (Å²) in [5.41, 5.74) is 0. The van der Waals surface area contributed by atoms with E-state index in [2.05, 4.69) is 0 Å². The third kappa shape index (κ3) is 6.41. The molecule has 0 N–H and O–H groups in total. The molecule has 1 aromatic carbocycles. The molecule has 0 bridgehead atoms. The molecule has 0 spiro atoms. The molecule has 0 aliphatic carbocycles. The molecule has 1 fully saturated rings. The summed E-state index contributed by atoms with van der Waals surface area (Å²) in [6.07, 6.45) is 1.20. The topological polar surface area (TPSA) is 66.9 Å². The highest BCUT2D eigenvalue weighted by Gasteiger charge is 2.29. The second kappa shape index (κ2) is 10.7. The average Bonchev–Trinajstić information content (AvgIpc) is 2.69. The van der Waals surface area contributed by atoms with Crippen molar-refractivity contribution >= 4 is 41.1 Å². The van der Waals surface area contributed by atoms with Gasteiger partial charge in [-0.2, -0.15) is 0 Å². The number of benzene rings is 1. The molecule has 6 nitrogen and oxygen atoms in total. The standard InChI is InChI=1S/C20H27ClN2O4S/c1-4-27-20(26)15-9-11-23(12-10-15)18(24)13-22(3)19(25)14(2)28-17-7-5-16(21)6-8-17/h5-8,14-15H,4,9-13H2,1-3H3. The van der Waals surface area contributed by atoms with Crippen LogP contribution in [-0.2, 0) is 19.1 Å². The van der Waals surface area contributed by atoms with Gasteiger partial charge in [-0.25, -0.2) is 0 Å². The quantitative estimate of drug-likeness (QED) is 0.495. The second-order valence-corrected chi connectivity index (χ2v) is 8.67. The molecule has 0 aromatic heterocycles. The minimum Gasteiger partial charge on any atom is -0.466 e. The number of likely N-dealkylation sites (tertiary alicyclic amines) is 1. The van der Waals surface area contributed by atoms with Gasteiger partial charge in [0, 0.05) is 30.1 Å². The van der Waals surface area contributed by atoms with Crippen molar-refractivity contribution in [3.8, 4) is 0 Å². The molecule has 1 aromatic rings. The van der Waals surface area contributed by atoms with Crippen LogP contribution in [0.3, 0.4) is 0 Å². The van der Waals surface area contributed by atoms with Crippen molar-refractivity contribution in [3.05, 3.63) is 29.3 Å². The van der Waals surface area contributed by atoms with E-state index in [9.17, 15) is 14.4 Å². The first kappa shape index (κ1) is 22.6. The van der Waals surface area contributed by atoms with Crippen LogP contribution in [0.15, 0.2) is 29.2 Å². The lowest BCUT2D eigenvalue weighted by Crippen LogP contribution is -2.46. The molecule has 1 atom stereocenters. The summed E-state index contributed by atoms with van der Waals surface area (Å²) in [7, 11) is 1.64. The normalized spacial score (nSPS) is 15.8. The fraction of sp³-hybridized carbons (Fsp3) is 0.550. The van der Waals surface area contributed by atoms with E-state index in [1.807, 2.05) is 19.1 Å². The van der Waals surface area contributed by atoms with Crippen LogP contribution >= 0.6 is 23.4 Å². The van der Waals surface area contributed by atoms with Gasteiger partial charge in [0.15, 0.2) is 0 Å². The van der Waals surface area contributed by atoms with E-state index in [1.165, 1.54) is 16.7 Å². The van der Waals surface area contributed by atoms with Crippen molar-refractivity contribution in [2.24, 2.45) is 5.92 Å². The Morgan fingerprint density at radius 2 is 1.86 bits per heavy atom. The number of hydrogen-bond donors (Lipinski definition) is 0. The van der Waals surface area contributed by atoms with Gasteiger partial charge in [0.25, 0.3) is 0 Å². The Morgan fingerprint density at radius 1 is 1.25 bits per heavy atom. The summed E-state index contributed by atoms with van der Waals surface area (Å²) >= 11 is 7.32. The van der Waals surface area contributed by atoms with Crippen molar-refractivity contribution in [1.82, 2.24) is 9.80 Å². The van der Waals surface area contributed by atoms with Crippen molar-refractivity contribution in [2.75, 3.05) is 33.3 Å². The number of piperidine rings is 1. The van der Waals surface area contributed by atoms with Gasteiger partial charge in [-0.05, 0) is 51.0 Å². The number of halogens is 1. The first-order valence-electron chi connectivity index (χ1n) is 9.43. The lowest BCUT2D eigenvalue weighted by Gasteiger charge is -2.32. The van der Waals surface area contributed by atoms with E-state index in [0.29, 0.717) is 37.6 Å². The lowest BCUT2D eigenvalue weighted by atomic mass is 9.97. The molecule has 2 rings (SSSR count). The average molecular weight is 427 g/mol. The summed E-state index contributed by atoms with van der Waals surface area (Å²) in [4.78, 5) is 41.1. The molecule has 0 saturated carbocycles. The van der Waals surface area contributed by atoms with Crippen LogP contribution in [-0.4, -0.2) is 66.1 Å². The molecule has 0 radical (unpaired) electrons. The molecular weight excluding hydrogens is 400 g/mol. The molecule has 1 aliphatic rings. The Kier molecular flexibility index (Phi) is 8.63. The van der Waals surface area contributed by atoms with Crippen molar-refractivity contribution in [2.45, 2.75) is 36.8 Å². The molecular formula is C20H27ClN2O4S. The Bertz CT molecular complexity index is 690. The van der Waals surface area contributed by atoms with Crippen LogP contribution in [0.25, 0.3) is 0 Å². The predicted octanol–water partition coefficient (Wildman–Crippen LogP) is 3.08. The predicted molar refractivity (Wildman–Crippen MR) is 110 cm³/mol. The molecule has 2 amide bonds. The highest BCUT2D eigenvalue weighted by atomic mass is 35.5. The summed E-state index contributed by atoms with van der Waals surface area (Å²) in [5, 5.41) is 0.339. The fourth-order valence-corrected chi connectivity index (χ4v) is 4.19. The minimum absolute atomic E-state index is 0.0361. The Labute approximate surface area is 175 Å². The largest absolute Gasteiger partial charge is 0.466 e. The van der Waals surface area contributed by atoms with Crippen molar-refractivity contribution in [3.63, 3.8) is 0 Å². The number of hydrogen-bond acceptors (Lipinski definition) is 5. The van der Waals surface area contributed by atoms with Gasteiger partial charge in [-0.15, -0.1) is 11.8 Å². The van der Waals surface area contributed by atoms with Gasteiger partial charge >= 0.3 is 5.97 Å². The number of ether oxygens (including phenoxy) is 1. The van der Waals surface area contributed by atoms with E-state index in [0.717, 1.165) is 4.90 Å². The highest BCUT2D eigenvalue weighted by molar-refractivity contribution is 8.00. The summed E-state index contributed by atoms with van der Waals surface area (Å²) in [5.74, 6) is -0.523. The van der Waals surface area contributed by atoms with E-state index < -0.39 is 0 Å². The summed E-state index contributed by atoms with van der Waals surface area (Å²) in [6.45, 7) is 5.05. The molecule has 1 saturated heterocycles. The van der Waals surface area contributed by atoms with Gasteiger partial charge in [0.05, 0.1) is 24.3 Å².